The predicted molar refractivity (Wildman–Crippen MR) is 74.3 cm³/mol. The monoisotopic (exact) mass is 282 g/mol. The van der Waals surface area contributed by atoms with Crippen molar-refractivity contribution in [3.8, 4) is 0 Å². The molecule has 1 aliphatic rings. The van der Waals surface area contributed by atoms with Crippen LogP contribution in [-0.2, 0) is 4.79 Å². The SMILES string of the molecule is CC(=O)Nc1ccc(C(=O)NC2CCCC2CO)s1. The van der Waals surface area contributed by atoms with E-state index in [2.05, 4.69) is 10.6 Å². The molecule has 0 spiro atoms. The molecule has 1 heterocycles. The number of nitrogens with one attached hydrogen (secondary N) is 2. The molecule has 2 rings (SSSR count). The van der Waals surface area contributed by atoms with Crippen molar-refractivity contribution in [2.75, 3.05) is 11.9 Å². The van der Waals surface area contributed by atoms with E-state index < -0.39 is 0 Å². The summed E-state index contributed by atoms with van der Waals surface area (Å²) in [5, 5.41) is 15.5. The van der Waals surface area contributed by atoms with E-state index in [1.54, 1.807) is 12.1 Å². The highest BCUT2D eigenvalue weighted by molar-refractivity contribution is 7.18. The third kappa shape index (κ3) is 3.54. The van der Waals surface area contributed by atoms with Gasteiger partial charge in [-0.3, -0.25) is 9.59 Å². The molecule has 2 amide bonds. The summed E-state index contributed by atoms with van der Waals surface area (Å²) in [4.78, 5) is 23.6. The van der Waals surface area contributed by atoms with Gasteiger partial charge in [0.15, 0.2) is 0 Å². The van der Waals surface area contributed by atoms with Crippen LogP contribution in [0.1, 0.15) is 35.9 Å². The van der Waals surface area contributed by atoms with E-state index in [1.165, 1.54) is 18.3 Å². The van der Waals surface area contributed by atoms with Crippen LogP contribution < -0.4 is 10.6 Å². The van der Waals surface area contributed by atoms with Gasteiger partial charge >= 0.3 is 0 Å². The number of hydrogen-bond donors (Lipinski definition) is 3. The standard InChI is InChI=1S/C13H18N2O3S/c1-8(17)14-12-6-5-11(19-12)13(18)15-10-4-2-3-9(10)7-16/h5-6,9-10,16H,2-4,7H2,1H3,(H,14,17)(H,15,18). The van der Waals surface area contributed by atoms with E-state index >= 15 is 0 Å². The summed E-state index contributed by atoms with van der Waals surface area (Å²) in [5.74, 6) is -0.115. The maximum atomic E-state index is 12.1. The zero-order valence-electron chi connectivity index (χ0n) is 10.8. The van der Waals surface area contributed by atoms with Crippen molar-refractivity contribution in [3.05, 3.63) is 17.0 Å². The zero-order valence-corrected chi connectivity index (χ0v) is 11.6. The molecule has 5 nitrogen and oxygen atoms in total. The van der Waals surface area contributed by atoms with E-state index in [4.69, 9.17) is 0 Å². The Bertz CT molecular complexity index is 472. The van der Waals surface area contributed by atoms with E-state index in [0.717, 1.165) is 19.3 Å². The topological polar surface area (TPSA) is 78.4 Å². The first-order chi connectivity index (χ1) is 9.10. The number of aliphatic hydroxyl groups is 1. The summed E-state index contributed by atoms with van der Waals surface area (Å²) in [7, 11) is 0. The van der Waals surface area contributed by atoms with Gasteiger partial charge in [0.05, 0.1) is 9.88 Å². The van der Waals surface area contributed by atoms with Gasteiger partial charge < -0.3 is 15.7 Å². The lowest BCUT2D eigenvalue weighted by Gasteiger charge is -2.18. The van der Waals surface area contributed by atoms with Crippen molar-refractivity contribution in [2.24, 2.45) is 5.92 Å². The van der Waals surface area contributed by atoms with Gasteiger partial charge in [-0.25, -0.2) is 0 Å². The molecule has 2 unspecified atom stereocenters. The molecule has 1 aromatic rings. The van der Waals surface area contributed by atoms with E-state index in [9.17, 15) is 14.7 Å². The number of rotatable bonds is 4. The van der Waals surface area contributed by atoms with Crippen LogP contribution in [0, 0.1) is 5.92 Å². The van der Waals surface area contributed by atoms with Crippen molar-refractivity contribution >= 4 is 28.2 Å². The molecule has 104 valence electrons. The molecule has 1 saturated carbocycles. The smallest absolute Gasteiger partial charge is 0.261 e. The van der Waals surface area contributed by atoms with Crippen LogP contribution in [0.3, 0.4) is 0 Å². The second kappa shape index (κ2) is 6.16. The van der Waals surface area contributed by atoms with Crippen molar-refractivity contribution in [2.45, 2.75) is 32.2 Å². The quantitative estimate of drug-likeness (QED) is 0.785. The normalized spacial score (nSPS) is 22.2. The minimum atomic E-state index is -0.148. The number of carbonyl (C=O) groups is 2. The van der Waals surface area contributed by atoms with Crippen LogP contribution in [0.5, 0.6) is 0 Å². The lowest BCUT2D eigenvalue weighted by Crippen LogP contribution is -2.38. The van der Waals surface area contributed by atoms with Gasteiger partial charge in [0, 0.05) is 25.5 Å². The van der Waals surface area contributed by atoms with Crippen molar-refractivity contribution in [3.63, 3.8) is 0 Å². The lowest BCUT2D eigenvalue weighted by atomic mass is 10.1. The summed E-state index contributed by atoms with van der Waals surface area (Å²) in [6, 6.07) is 3.48. The van der Waals surface area contributed by atoms with Crippen LogP contribution in [0.25, 0.3) is 0 Å². The Morgan fingerprint density at radius 2 is 2.21 bits per heavy atom. The summed E-state index contributed by atoms with van der Waals surface area (Å²) < 4.78 is 0. The summed E-state index contributed by atoms with van der Waals surface area (Å²) in [6.07, 6.45) is 2.92. The molecule has 19 heavy (non-hydrogen) atoms. The first kappa shape index (κ1) is 14.0. The van der Waals surface area contributed by atoms with Crippen LogP contribution in [0.2, 0.25) is 0 Å². The zero-order chi connectivity index (χ0) is 13.8. The van der Waals surface area contributed by atoms with Crippen LogP contribution >= 0.6 is 11.3 Å². The first-order valence-electron chi connectivity index (χ1n) is 6.39. The van der Waals surface area contributed by atoms with Crippen LogP contribution in [0.4, 0.5) is 5.00 Å². The Kier molecular flexibility index (Phi) is 4.55. The molecular weight excluding hydrogens is 264 g/mol. The molecule has 2 atom stereocenters. The molecule has 0 aromatic carbocycles. The minimum Gasteiger partial charge on any atom is -0.396 e. The molecule has 3 N–H and O–H groups in total. The minimum absolute atomic E-state index is 0.0591. The Labute approximate surface area is 116 Å². The van der Waals surface area contributed by atoms with Gasteiger partial charge in [-0.1, -0.05) is 6.42 Å². The highest BCUT2D eigenvalue weighted by Gasteiger charge is 2.28. The number of carbonyl (C=O) groups excluding carboxylic acids is 2. The average molecular weight is 282 g/mol. The summed E-state index contributed by atoms with van der Waals surface area (Å²) in [6.45, 7) is 1.55. The van der Waals surface area contributed by atoms with Gasteiger partial charge in [0.25, 0.3) is 5.91 Å². The number of aliphatic hydroxyl groups excluding tert-OH is 1. The Morgan fingerprint density at radius 3 is 2.89 bits per heavy atom. The predicted octanol–water partition coefficient (Wildman–Crippen LogP) is 1.60. The van der Waals surface area contributed by atoms with Crippen molar-refractivity contribution in [1.29, 1.82) is 0 Å². The molecule has 1 fully saturated rings. The number of amides is 2. The van der Waals surface area contributed by atoms with E-state index in [1.807, 2.05) is 0 Å². The lowest BCUT2D eigenvalue weighted by molar-refractivity contribution is -0.114. The number of anilines is 1. The average Bonchev–Trinajstić information content (AvgIpc) is 2.97. The highest BCUT2D eigenvalue weighted by Crippen LogP contribution is 2.27. The first-order valence-corrected chi connectivity index (χ1v) is 7.21. The Morgan fingerprint density at radius 1 is 1.42 bits per heavy atom. The van der Waals surface area contributed by atoms with Crippen LogP contribution in [-0.4, -0.2) is 29.6 Å². The van der Waals surface area contributed by atoms with Crippen LogP contribution in [0.15, 0.2) is 12.1 Å². The fourth-order valence-electron chi connectivity index (χ4n) is 2.39. The molecule has 0 radical (unpaired) electrons. The van der Waals surface area contributed by atoms with Crippen molar-refractivity contribution in [1.82, 2.24) is 5.32 Å². The molecule has 1 aliphatic carbocycles. The molecule has 6 heteroatoms. The van der Waals surface area contributed by atoms with E-state index in [-0.39, 0.29) is 30.4 Å². The second-order valence-corrected chi connectivity index (χ2v) is 5.88. The highest BCUT2D eigenvalue weighted by atomic mass is 32.1. The molecule has 0 saturated heterocycles. The van der Waals surface area contributed by atoms with Gasteiger partial charge in [-0.15, -0.1) is 11.3 Å². The summed E-state index contributed by atoms with van der Waals surface area (Å²) in [5.41, 5.74) is 0. The van der Waals surface area contributed by atoms with E-state index in [0.29, 0.717) is 9.88 Å². The maximum Gasteiger partial charge on any atom is 0.261 e. The second-order valence-electron chi connectivity index (χ2n) is 4.80. The molecular formula is C13H18N2O3S. The van der Waals surface area contributed by atoms with Gasteiger partial charge in [0.1, 0.15) is 0 Å². The third-order valence-corrected chi connectivity index (χ3v) is 4.34. The third-order valence-electron chi connectivity index (χ3n) is 3.34. The maximum absolute atomic E-state index is 12.1. The molecule has 0 aliphatic heterocycles. The Hall–Kier alpha value is -1.40. The Balaban J connectivity index is 1.96. The van der Waals surface area contributed by atoms with Gasteiger partial charge in [0.2, 0.25) is 5.91 Å². The van der Waals surface area contributed by atoms with Gasteiger partial charge in [-0.2, -0.15) is 0 Å². The van der Waals surface area contributed by atoms with Crippen molar-refractivity contribution < 1.29 is 14.7 Å². The summed E-state index contributed by atoms with van der Waals surface area (Å²) >= 11 is 1.26. The number of hydrogen-bond acceptors (Lipinski definition) is 4. The fourth-order valence-corrected chi connectivity index (χ4v) is 3.24. The molecule has 0 bridgehead atoms. The fraction of sp³-hybridized carbons (Fsp3) is 0.538. The number of thiophene rings is 1. The molecule has 1 aromatic heterocycles. The largest absolute Gasteiger partial charge is 0.396 e. The van der Waals surface area contributed by atoms with Gasteiger partial charge in [-0.05, 0) is 25.0 Å².